The highest BCUT2D eigenvalue weighted by atomic mass is 19.2. The van der Waals surface area contributed by atoms with E-state index >= 15 is 0 Å². The van der Waals surface area contributed by atoms with Gasteiger partial charge >= 0.3 is 6.09 Å². The van der Waals surface area contributed by atoms with Crippen LogP contribution in [0.5, 0.6) is 0 Å². The number of hydrogen-bond donors (Lipinski definition) is 1. The van der Waals surface area contributed by atoms with Crippen LogP contribution >= 0.6 is 0 Å². The molecule has 100 valence electrons. The van der Waals surface area contributed by atoms with Gasteiger partial charge in [-0.2, -0.15) is 0 Å². The predicted molar refractivity (Wildman–Crippen MR) is 64.0 cm³/mol. The Morgan fingerprint density at radius 2 is 1.94 bits per heavy atom. The van der Waals surface area contributed by atoms with Crippen molar-refractivity contribution in [3.63, 3.8) is 0 Å². The van der Waals surface area contributed by atoms with Crippen molar-refractivity contribution < 1.29 is 18.3 Å². The standard InChI is InChI=1S/C12H16F2N2O2/c1-12(2,3)18-11(17)16(4)15-9-7-5-6-8(13)10(9)14/h5-7,15H,1-4H3. The van der Waals surface area contributed by atoms with Gasteiger partial charge in [-0.15, -0.1) is 0 Å². The molecule has 6 heteroatoms. The van der Waals surface area contributed by atoms with E-state index in [4.69, 9.17) is 4.74 Å². The van der Waals surface area contributed by atoms with E-state index in [-0.39, 0.29) is 5.69 Å². The summed E-state index contributed by atoms with van der Waals surface area (Å²) in [5.41, 5.74) is 1.62. The first kappa shape index (κ1) is 14.2. The molecule has 18 heavy (non-hydrogen) atoms. The minimum Gasteiger partial charge on any atom is -0.442 e. The van der Waals surface area contributed by atoms with Crippen LogP contribution in [0.1, 0.15) is 20.8 Å². The van der Waals surface area contributed by atoms with Crippen LogP contribution in [0.15, 0.2) is 18.2 Å². The minimum atomic E-state index is -1.05. The van der Waals surface area contributed by atoms with Crippen LogP contribution in [0, 0.1) is 11.6 Å². The van der Waals surface area contributed by atoms with Gasteiger partial charge in [-0.05, 0) is 32.9 Å². The Labute approximate surface area is 105 Å². The fourth-order valence-corrected chi connectivity index (χ4v) is 1.15. The number of halogens is 2. The summed E-state index contributed by atoms with van der Waals surface area (Å²) in [7, 11) is 1.36. The summed E-state index contributed by atoms with van der Waals surface area (Å²) in [4.78, 5) is 11.6. The molecule has 1 rings (SSSR count). The Kier molecular flexibility index (Phi) is 4.11. The molecule has 0 radical (unpaired) electrons. The SMILES string of the molecule is CN(Nc1cccc(F)c1F)C(=O)OC(C)(C)C. The van der Waals surface area contributed by atoms with Crippen LogP contribution in [-0.4, -0.2) is 23.8 Å². The van der Waals surface area contributed by atoms with E-state index in [9.17, 15) is 13.6 Å². The molecule has 1 aromatic rings. The molecule has 0 aliphatic rings. The molecular formula is C12H16F2N2O2. The summed E-state index contributed by atoms with van der Waals surface area (Å²) in [5, 5.41) is 0.948. The van der Waals surface area contributed by atoms with Gasteiger partial charge in [0.1, 0.15) is 5.60 Å². The van der Waals surface area contributed by atoms with E-state index in [1.165, 1.54) is 19.2 Å². The number of rotatable bonds is 2. The van der Waals surface area contributed by atoms with Gasteiger partial charge in [0.2, 0.25) is 0 Å². The molecule has 0 fully saturated rings. The van der Waals surface area contributed by atoms with Gasteiger partial charge < -0.3 is 4.74 Å². The zero-order valence-electron chi connectivity index (χ0n) is 10.8. The molecule has 0 saturated carbocycles. The number of hydrazine groups is 1. The lowest BCUT2D eigenvalue weighted by Crippen LogP contribution is -2.37. The molecule has 0 saturated heterocycles. The average molecular weight is 258 g/mol. The second-order valence-electron chi connectivity index (χ2n) is 4.75. The first-order chi connectivity index (χ1) is 8.20. The zero-order chi connectivity index (χ0) is 13.9. The van der Waals surface area contributed by atoms with Crippen LogP contribution in [0.2, 0.25) is 0 Å². The highest BCUT2D eigenvalue weighted by Gasteiger charge is 2.20. The average Bonchev–Trinajstić information content (AvgIpc) is 2.22. The van der Waals surface area contributed by atoms with Gasteiger partial charge in [0, 0.05) is 7.05 Å². The Bertz CT molecular complexity index is 444. The monoisotopic (exact) mass is 258 g/mol. The quantitative estimate of drug-likeness (QED) is 0.828. The number of anilines is 1. The van der Waals surface area contributed by atoms with Gasteiger partial charge in [-0.25, -0.2) is 18.6 Å². The summed E-state index contributed by atoms with van der Waals surface area (Å²) in [6, 6.07) is 3.65. The first-order valence-corrected chi connectivity index (χ1v) is 5.38. The molecule has 0 aliphatic heterocycles. The number of ether oxygens (including phenoxy) is 1. The van der Waals surface area contributed by atoms with Crippen LogP contribution in [0.25, 0.3) is 0 Å². The van der Waals surface area contributed by atoms with Crippen molar-refractivity contribution in [2.45, 2.75) is 26.4 Å². The van der Waals surface area contributed by atoms with E-state index < -0.39 is 23.3 Å². The molecule has 0 bridgehead atoms. The lowest BCUT2D eigenvalue weighted by Gasteiger charge is -2.25. The predicted octanol–water partition coefficient (Wildman–Crippen LogP) is 3.16. The van der Waals surface area contributed by atoms with Crippen molar-refractivity contribution >= 4 is 11.8 Å². The van der Waals surface area contributed by atoms with Crippen LogP contribution in [-0.2, 0) is 4.74 Å². The van der Waals surface area contributed by atoms with Crippen molar-refractivity contribution in [3.05, 3.63) is 29.8 Å². The van der Waals surface area contributed by atoms with Gasteiger partial charge in [-0.1, -0.05) is 6.07 Å². The molecule has 1 amide bonds. The highest BCUT2D eigenvalue weighted by molar-refractivity contribution is 5.69. The van der Waals surface area contributed by atoms with E-state index in [0.717, 1.165) is 11.1 Å². The maximum atomic E-state index is 13.3. The van der Waals surface area contributed by atoms with Crippen LogP contribution < -0.4 is 5.43 Å². The Morgan fingerprint density at radius 1 is 1.33 bits per heavy atom. The lowest BCUT2D eigenvalue weighted by atomic mass is 10.2. The molecule has 1 aromatic carbocycles. The van der Waals surface area contributed by atoms with Crippen molar-refractivity contribution in [1.29, 1.82) is 0 Å². The van der Waals surface area contributed by atoms with Gasteiger partial charge in [0.15, 0.2) is 11.6 Å². The van der Waals surface area contributed by atoms with Crippen LogP contribution in [0.4, 0.5) is 19.3 Å². The van der Waals surface area contributed by atoms with Crippen molar-refractivity contribution in [1.82, 2.24) is 5.01 Å². The number of nitrogens with zero attached hydrogens (tertiary/aromatic N) is 1. The van der Waals surface area contributed by atoms with Crippen molar-refractivity contribution in [3.8, 4) is 0 Å². The molecule has 1 N–H and O–H groups in total. The second kappa shape index (κ2) is 5.20. The first-order valence-electron chi connectivity index (χ1n) is 5.38. The fourth-order valence-electron chi connectivity index (χ4n) is 1.15. The molecule has 0 unspecified atom stereocenters. The second-order valence-corrected chi connectivity index (χ2v) is 4.75. The van der Waals surface area contributed by atoms with Crippen molar-refractivity contribution in [2.75, 3.05) is 12.5 Å². The highest BCUT2D eigenvalue weighted by Crippen LogP contribution is 2.17. The molecule has 0 heterocycles. The van der Waals surface area contributed by atoms with E-state index in [0.29, 0.717) is 0 Å². The lowest BCUT2D eigenvalue weighted by molar-refractivity contribution is 0.0338. The number of hydrogen-bond acceptors (Lipinski definition) is 3. The number of nitrogens with one attached hydrogen (secondary N) is 1. The van der Waals surface area contributed by atoms with E-state index in [2.05, 4.69) is 5.43 Å². The number of benzene rings is 1. The molecule has 0 atom stereocenters. The summed E-state index contributed by atoms with van der Waals surface area (Å²) in [6.07, 6.45) is -0.689. The Balaban J connectivity index is 2.73. The normalized spacial score (nSPS) is 11.0. The third-order valence-electron chi connectivity index (χ3n) is 1.91. The fraction of sp³-hybridized carbons (Fsp3) is 0.417. The minimum absolute atomic E-state index is 0.136. The number of carbonyl (C=O) groups excluding carboxylic acids is 1. The summed E-state index contributed by atoms with van der Waals surface area (Å²) < 4.78 is 31.3. The van der Waals surface area contributed by atoms with Crippen molar-refractivity contribution in [2.24, 2.45) is 0 Å². The Morgan fingerprint density at radius 3 is 2.50 bits per heavy atom. The molecule has 0 spiro atoms. The van der Waals surface area contributed by atoms with E-state index in [1.54, 1.807) is 20.8 Å². The third kappa shape index (κ3) is 3.87. The number of amides is 1. The maximum absolute atomic E-state index is 13.3. The maximum Gasteiger partial charge on any atom is 0.428 e. The van der Waals surface area contributed by atoms with E-state index in [1.807, 2.05) is 0 Å². The van der Waals surface area contributed by atoms with Crippen LogP contribution in [0.3, 0.4) is 0 Å². The molecular weight excluding hydrogens is 242 g/mol. The smallest absolute Gasteiger partial charge is 0.428 e. The number of carbonyl (C=O) groups is 1. The van der Waals surface area contributed by atoms with Gasteiger partial charge in [-0.3, -0.25) is 5.43 Å². The van der Waals surface area contributed by atoms with Gasteiger partial charge in [0.25, 0.3) is 0 Å². The summed E-state index contributed by atoms with van der Waals surface area (Å²) in [6.45, 7) is 5.13. The molecule has 4 nitrogen and oxygen atoms in total. The Hall–Kier alpha value is -1.85. The zero-order valence-corrected chi connectivity index (χ0v) is 10.8. The van der Waals surface area contributed by atoms with Gasteiger partial charge in [0.05, 0.1) is 5.69 Å². The third-order valence-corrected chi connectivity index (χ3v) is 1.91. The largest absolute Gasteiger partial charge is 0.442 e. The molecule has 0 aliphatic carbocycles. The summed E-state index contributed by atoms with van der Waals surface area (Å²) >= 11 is 0. The molecule has 0 aromatic heterocycles. The topological polar surface area (TPSA) is 41.6 Å². The summed E-state index contributed by atoms with van der Waals surface area (Å²) in [5.74, 6) is -2.04.